The molecule has 1 unspecified atom stereocenters. The van der Waals surface area contributed by atoms with E-state index in [0.717, 1.165) is 0 Å². The predicted molar refractivity (Wildman–Crippen MR) is 128 cm³/mol. The largest absolute Gasteiger partial charge is 0.416 e. The Morgan fingerprint density at radius 2 is 1.82 bits per heavy atom. The Morgan fingerprint density at radius 1 is 1.16 bits per heavy atom. The maximum Gasteiger partial charge on any atom is 0.416 e. The molecule has 1 saturated heterocycles. The van der Waals surface area contributed by atoms with Gasteiger partial charge in [-0.25, -0.2) is 9.89 Å². The molecule has 13 heteroatoms. The minimum absolute atomic E-state index is 0.00291. The summed E-state index contributed by atoms with van der Waals surface area (Å²) >= 11 is 0. The number of nitrogens with two attached hydrogens (primary N) is 1. The van der Waals surface area contributed by atoms with Gasteiger partial charge in [-0.3, -0.25) is 4.57 Å². The fourth-order valence-electron chi connectivity index (χ4n) is 5.24. The number of nitrogens with zero attached hydrogens (tertiary/aromatic N) is 2. The highest BCUT2D eigenvalue weighted by Crippen LogP contribution is 2.46. The Balaban J connectivity index is 1.60. The quantitative estimate of drug-likeness (QED) is 0.436. The summed E-state index contributed by atoms with van der Waals surface area (Å²) < 4.78 is 87.6. The zero-order valence-electron chi connectivity index (χ0n) is 20.8. The van der Waals surface area contributed by atoms with Gasteiger partial charge in [0.2, 0.25) is 5.95 Å². The average molecular weight is 546 g/mol. The van der Waals surface area contributed by atoms with Crippen molar-refractivity contribution in [3.05, 3.63) is 69.7 Å². The molecular formula is C25H29F6N5O2. The van der Waals surface area contributed by atoms with Crippen LogP contribution >= 0.6 is 0 Å². The molecule has 38 heavy (non-hydrogen) atoms. The summed E-state index contributed by atoms with van der Waals surface area (Å²) in [5.41, 5.74) is 1.20. The van der Waals surface area contributed by atoms with Crippen LogP contribution in [0.3, 0.4) is 0 Å². The Morgan fingerprint density at radius 3 is 2.29 bits per heavy atom. The number of H-pyrrole nitrogens is 1. The standard InChI is InChI=1S/C25H29F6N5O2/c1-15(16-10-17(24(26,27)28)12-18(11-16)25(29,30)31)38-14-23(22(2)7-4-3-5-8-22)9-6-19(13-33-23)36-20(32)34-35-21(36)37/h3-5,7,10-12,15,19,33H,6,8-9,13-14H2,1-2H3,(H2,32,34)(H,35,37)/t15-,19+,22?,23-/m1/s1. The van der Waals surface area contributed by atoms with Gasteiger partial charge in [0.25, 0.3) is 0 Å². The van der Waals surface area contributed by atoms with Crippen molar-refractivity contribution in [1.82, 2.24) is 20.1 Å². The second-order valence-corrected chi connectivity index (χ2v) is 10.1. The zero-order chi connectivity index (χ0) is 27.9. The van der Waals surface area contributed by atoms with E-state index in [-0.39, 0.29) is 30.2 Å². The van der Waals surface area contributed by atoms with E-state index >= 15 is 0 Å². The van der Waals surface area contributed by atoms with Crippen molar-refractivity contribution >= 4 is 5.95 Å². The summed E-state index contributed by atoms with van der Waals surface area (Å²) in [5.74, 6) is 0.0518. The van der Waals surface area contributed by atoms with Crippen molar-refractivity contribution in [1.29, 1.82) is 0 Å². The first-order valence-electron chi connectivity index (χ1n) is 12.1. The van der Waals surface area contributed by atoms with E-state index in [0.29, 0.717) is 37.9 Å². The van der Waals surface area contributed by atoms with E-state index in [4.69, 9.17) is 10.5 Å². The van der Waals surface area contributed by atoms with Crippen molar-refractivity contribution in [2.45, 2.75) is 63.1 Å². The summed E-state index contributed by atoms with van der Waals surface area (Å²) in [6.07, 6.45) is -1.52. The number of nitrogen functional groups attached to an aromatic ring is 1. The highest BCUT2D eigenvalue weighted by Gasteiger charge is 2.49. The minimum atomic E-state index is -4.95. The third kappa shape index (κ3) is 5.39. The number of ether oxygens (including phenoxy) is 1. The summed E-state index contributed by atoms with van der Waals surface area (Å²) in [6, 6.07) is 1.19. The number of halogens is 6. The summed E-state index contributed by atoms with van der Waals surface area (Å²) in [5, 5.41) is 9.54. The van der Waals surface area contributed by atoms with Crippen LogP contribution in [0.25, 0.3) is 0 Å². The molecule has 0 radical (unpaired) electrons. The molecule has 4 atom stereocenters. The van der Waals surface area contributed by atoms with Gasteiger partial charge in [0.1, 0.15) is 0 Å². The number of hydrogen-bond donors (Lipinski definition) is 3. The number of allylic oxidation sites excluding steroid dienone is 3. The van der Waals surface area contributed by atoms with E-state index in [9.17, 15) is 31.1 Å². The first kappa shape index (κ1) is 28.0. The number of hydrogen-bond acceptors (Lipinski definition) is 5. The van der Waals surface area contributed by atoms with Crippen molar-refractivity contribution in [2.24, 2.45) is 5.41 Å². The number of rotatable bonds is 6. The van der Waals surface area contributed by atoms with Crippen LogP contribution in [0, 0.1) is 5.41 Å². The lowest BCUT2D eigenvalue weighted by atomic mass is 9.63. The molecule has 0 bridgehead atoms. The molecule has 1 aliphatic carbocycles. The van der Waals surface area contributed by atoms with E-state index < -0.39 is 46.2 Å². The van der Waals surface area contributed by atoms with Crippen molar-refractivity contribution < 1.29 is 31.1 Å². The predicted octanol–water partition coefficient (Wildman–Crippen LogP) is 5.15. The van der Waals surface area contributed by atoms with Gasteiger partial charge in [0, 0.05) is 12.0 Å². The molecule has 1 fully saturated rings. The minimum Gasteiger partial charge on any atom is -0.372 e. The number of aromatic nitrogens is 3. The maximum atomic E-state index is 13.4. The number of nitrogens with one attached hydrogen (secondary N) is 2. The molecule has 7 nitrogen and oxygen atoms in total. The fourth-order valence-corrected chi connectivity index (χ4v) is 5.24. The zero-order valence-corrected chi connectivity index (χ0v) is 20.8. The Kier molecular flexibility index (Phi) is 7.30. The fraction of sp³-hybridized carbons (Fsp3) is 0.520. The van der Waals surface area contributed by atoms with Crippen LogP contribution in [0.4, 0.5) is 32.3 Å². The van der Waals surface area contributed by atoms with Gasteiger partial charge in [0.15, 0.2) is 0 Å². The third-order valence-corrected chi connectivity index (χ3v) is 7.68. The van der Waals surface area contributed by atoms with Crippen molar-refractivity contribution in [2.75, 3.05) is 18.9 Å². The maximum absolute atomic E-state index is 13.4. The molecule has 0 amide bonds. The van der Waals surface area contributed by atoms with Crippen LogP contribution in [-0.2, 0) is 17.1 Å². The highest BCUT2D eigenvalue weighted by molar-refractivity contribution is 5.35. The number of anilines is 1. The van der Waals surface area contributed by atoms with Crippen LogP contribution < -0.4 is 16.7 Å². The van der Waals surface area contributed by atoms with E-state index in [1.807, 2.05) is 31.2 Å². The highest BCUT2D eigenvalue weighted by atomic mass is 19.4. The van der Waals surface area contributed by atoms with E-state index in [1.165, 1.54) is 11.5 Å². The number of piperidine rings is 1. The van der Waals surface area contributed by atoms with Gasteiger partial charge in [-0.15, -0.1) is 5.10 Å². The monoisotopic (exact) mass is 545 g/mol. The Labute approximate surface area is 214 Å². The van der Waals surface area contributed by atoms with Gasteiger partial charge in [-0.1, -0.05) is 31.2 Å². The first-order valence-corrected chi connectivity index (χ1v) is 12.1. The lowest BCUT2D eigenvalue weighted by Gasteiger charge is -2.52. The van der Waals surface area contributed by atoms with Gasteiger partial charge in [-0.05, 0) is 49.9 Å². The summed E-state index contributed by atoms with van der Waals surface area (Å²) in [7, 11) is 0. The number of alkyl halides is 6. The first-order chi connectivity index (χ1) is 17.7. The van der Waals surface area contributed by atoms with Crippen molar-refractivity contribution in [3.8, 4) is 0 Å². The normalized spacial score (nSPS) is 27.0. The average Bonchev–Trinajstić information content (AvgIpc) is 3.19. The smallest absolute Gasteiger partial charge is 0.372 e. The Bertz CT molecular complexity index is 1240. The molecule has 1 aromatic heterocycles. The number of benzene rings is 1. The van der Waals surface area contributed by atoms with Crippen LogP contribution in [0.1, 0.15) is 61.9 Å². The SMILES string of the molecule is C[C@@H](OC[C@@]1(C2(C)C=CC=CC2)CC[C@H](n2c(N)n[nH]c2=O)CN1)c1cc(C(F)(F)F)cc(C(F)(F)F)c1. The molecule has 4 rings (SSSR count). The topological polar surface area (TPSA) is 98.0 Å². The van der Waals surface area contributed by atoms with Gasteiger partial charge in [0.05, 0.1) is 35.4 Å². The van der Waals surface area contributed by atoms with Crippen LogP contribution in [0.5, 0.6) is 0 Å². The third-order valence-electron chi connectivity index (χ3n) is 7.68. The lowest BCUT2D eigenvalue weighted by molar-refractivity contribution is -0.143. The lowest BCUT2D eigenvalue weighted by Crippen LogP contribution is -2.63. The second-order valence-electron chi connectivity index (χ2n) is 10.1. The second kappa shape index (κ2) is 9.92. The van der Waals surface area contributed by atoms with Gasteiger partial charge < -0.3 is 15.8 Å². The molecule has 208 valence electrons. The molecular weight excluding hydrogens is 516 g/mol. The molecule has 1 aromatic carbocycles. The van der Waals surface area contributed by atoms with Crippen LogP contribution in [0.15, 0.2) is 47.3 Å². The molecule has 2 heterocycles. The van der Waals surface area contributed by atoms with E-state index in [1.54, 1.807) is 0 Å². The molecule has 0 spiro atoms. The molecule has 2 aliphatic rings. The molecule has 1 aliphatic heterocycles. The molecule has 0 saturated carbocycles. The van der Waals surface area contributed by atoms with Gasteiger partial charge in [-0.2, -0.15) is 26.3 Å². The molecule has 2 aromatic rings. The molecule has 4 N–H and O–H groups in total. The summed E-state index contributed by atoms with van der Waals surface area (Å²) in [6.45, 7) is 3.78. The summed E-state index contributed by atoms with van der Waals surface area (Å²) in [4.78, 5) is 12.2. The van der Waals surface area contributed by atoms with Crippen LogP contribution in [0.2, 0.25) is 0 Å². The van der Waals surface area contributed by atoms with Crippen molar-refractivity contribution in [3.63, 3.8) is 0 Å². The Hall–Kier alpha value is -3.06. The van der Waals surface area contributed by atoms with Crippen LogP contribution in [-0.4, -0.2) is 33.5 Å². The van der Waals surface area contributed by atoms with E-state index in [2.05, 4.69) is 15.5 Å². The number of aromatic amines is 1. The van der Waals surface area contributed by atoms with Gasteiger partial charge >= 0.3 is 18.0 Å².